The zero-order chi connectivity index (χ0) is 13.2. The van der Waals surface area contributed by atoms with Gasteiger partial charge in [0.25, 0.3) is 0 Å². The molecular weight excluding hydrogens is 247 g/mol. The Morgan fingerprint density at radius 1 is 1.11 bits per heavy atom. The first kappa shape index (κ1) is 11.3. The van der Waals surface area contributed by atoms with Crippen molar-refractivity contribution in [3.8, 4) is 17.1 Å². The SMILES string of the molecule is O=c1[nH]nc(-c2ccncc2)n1-c1ccccc1F. The van der Waals surface area contributed by atoms with E-state index < -0.39 is 11.5 Å². The molecule has 0 aliphatic rings. The van der Waals surface area contributed by atoms with Crippen LogP contribution in [0.1, 0.15) is 0 Å². The summed E-state index contributed by atoms with van der Waals surface area (Å²) in [5.41, 5.74) is 0.349. The average Bonchev–Trinajstić information content (AvgIpc) is 2.82. The lowest BCUT2D eigenvalue weighted by Gasteiger charge is -2.06. The third-order valence-corrected chi connectivity index (χ3v) is 2.70. The molecule has 0 radical (unpaired) electrons. The Morgan fingerprint density at radius 3 is 2.58 bits per heavy atom. The molecule has 0 bridgehead atoms. The summed E-state index contributed by atoms with van der Waals surface area (Å²) < 4.78 is 15.0. The van der Waals surface area contributed by atoms with E-state index in [1.54, 1.807) is 36.7 Å². The maximum absolute atomic E-state index is 13.8. The van der Waals surface area contributed by atoms with Crippen LogP contribution in [0, 0.1) is 5.82 Å². The van der Waals surface area contributed by atoms with Crippen LogP contribution < -0.4 is 5.69 Å². The first-order chi connectivity index (χ1) is 9.27. The molecule has 0 aliphatic heterocycles. The number of rotatable bonds is 2. The molecule has 2 heterocycles. The van der Waals surface area contributed by atoms with Crippen LogP contribution in [0.4, 0.5) is 4.39 Å². The monoisotopic (exact) mass is 256 g/mol. The summed E-state index contributed by atoms with van der Waals surface area (Å²) in [4.78, 5) is 15.7. The van der Waals surface area contributed by atoms with Crippen molar-refractivity contribution in [2.45, 2.75) is 0 Å². The smallest absolute Gasteiger partial charge is 0.265 e. The van der Waals surface area contributed by atoms with Gasteiger partial charge in [0.05, 0.1) is 5.69 Å². The van der Waals surface area contributed by atoms with E-state index in [1.165, 1.54) is 16.7 Å². The number of pyridine rings is 1. The number of halogens is 1. The van der Waals surface area contributed by atoms with E-state index in [9.17, 15) is 9.18 Å². The maximum Gasteiger partial charge on any atom is 0.348 e. The number of aromatic amines is 1. The number of nitrogens with zero attached hydrogens (tertiary/aromatic N) is 3. The molecule has 0 saturated heterocycles. The van der Waals surface area contributed by atoms with Crippen LogP contribution in [-0.2, 0) is 0 Å². The van der Waals surface area contributed by atoms with Gasteiger partial charge in [0, 0.05) is 18.0 Å². The number of aromatic nitrogens is 4. The minimum Gasteiger partial charge on any atom is -0.265 e. The Balaban J connectivity index is 2.26. The van der Waals surface area contributed by atoms with Crippen molar-refractivity contribution in [3.63, 3.8) is 0 Å². The van der Waals surface area contributed by atoms with Gasteiger partial charge < -0.3 is 0 Å². The van der Waals surface area contributed by atoms with Crippen molar-refractivity contribution in [1.82, 2.24) is 19.7 Å². The van der Waals surface area contributed by atoms with Gasteiger partial charge in [-0.3, -0.25) is 4.98 Å². The van der Waals surface area contributed by atoms with E-state index in [-0.39, 0.29) is 5.69 Å². The molecule has 0 amide bonds. The Morgan fingerprint density at radius 2 is 1.84 bits per heavy atom. The summed E-state index contributed by atoms with van der Waals surface area (Å²) in [7, 11) is 0. The van der Waals surface area contributed by atoms with Gasteiger partial charge in [-0.15, -0.1) is 0 Å². The summed E-state index contributed by atoms with van der Waals surface area (Å²) in [6.45, 7) is 0. The largest absolute Gasteiger partial charge is 0.348 e. The van der Waals surface area contributed by atoms with Gasteiger partial charge in [-0.05, 0) is 24.3 Å². The van der Waals surface area contributed by atoms with Crippen molar-refractivity contribution in [2.75, 3.05) is 0 Å². The highest BCUT2D eigenvalue weighted by Crippen LogP contribution is 2.19. The second-order valence-corrected chi connectivity index (χ2v) is 3.88. The minimum absolute atomic E-state index is 0.160. The summed E-state index contributed by atoms with van der Waals surface area (Å²) in [5.74, 6) is -0.140. The fraction of sp³-hybridized carbons (Fsp3) is 0. The standard InChI is InChI=1S/C13H9FN4O/c14-10-3-1-2-4-11(10)18-12(16-17-13(18)19)9-5-7-15-8-6-9/h1-8H,(H,17,19). The molecule has 19 heavy (non-hydrogen) atoms. The van der Waals surface area contributed by atoms with Gasteiger partial charge in [-0.2, -0.15) is 5.10 Å². The molecule has 3 rings (SSSR count). The number of para-hydroxylation sites is 1. The Labute approximate surface area is 107 Å². The molecule has 2 aromatic heterocycles. The number of H-pyrrole nitrogens is 1. The lowest BCUT2D eigenvalue weighted by molar-refractivity contribution is 0.617. The maximum atomic E-state index is 13.8. The van der Waals surface area contributed by atoms with Crippen molar-refractivity contribution in [2.24, 2.45) is 0 Å². The minimum atomic E-state index is -0.489. The number of hydrogen-bond donors (Lipinski definition) is 1. The molecule has 5 nitrogen and oxygen atoms in total. The van der Waals surface area contributed by atoms with Crippen molar-refractivity contribution in [3.05, 3.63) is 65.1 Å². The second-order valence-electron chi connectivity index (χ2n) is 3.88. The first-order valence-electron chi connectivity index (χ1n) is 5.60. The highest BCUT2D eigenvalue weighted by molar-refractivity contribution is 5.57. The predicted molar refractivity (Wildman–Crippen MR) is 67.4 cm³/mol. The van der Waals surface area contributed by atoms with E-state index in [0.717, 1.165) is 0 Å². The van der Waals surface area contributed by atoms with Crippen LogP contribution in [0.2, 0.25) is 0 Å². The summed E-state index contributed by atoms with van der Waals surface area (Å²) in [6.07, 6.45) is 3.17. The topological polar surface area (TPSA) is 63.6 Å². The summed E-state index contributed by atoms with van der Waals surface area (Å²) in [5, 5.41) is 6.27. The van der Waals surface area contributed by atoms with Crippen LogP contribution in [0.3, 0.4) is 0 Å². The molecule has 6 heteroatoms. The van der Waals surface area contributed by atoms with Crippen molar-refractivity contribution in [1.29, 1.82) is 0 Å². The van der Waals surface area contributed by atoms with Crippen LogP contribution in [-0.4, -0.2) is 19.7 Å². The first-order valence-corrected chi connectivity index (χ1v) is 5.60. The molecular formula is C13H9FN4O. The van der Waals surface area contributed by atoms with Crippen molar-refractivity contribution >= 4 is 0 Å². The zero-order valence-corrected chi connectivity index (χ0v) is 9.75. The average molecular weight is 256 g/mol. The van der Waals surface area contributed by atoms with Crippen LogP contribution in [0.5, 0.6) is 0 Å². The van der Waals surface area contributed by atoms with Crippen LogP contribution in [0.15, 0.2) is 53.6 Å². The molecule has 0 unspecified atom stereocenters. The molecule has 0 fully saturated rings. The Hall–Kier alpha value is -2.76. The van der Waals surface area contributed by atoms with Gasteiger partial charge in [-0.25, -0.2) is 18.9 Å². The Kier molecular flexibility index (Phi) is 2.68. The predicted octanol–water partition coefficient (Wildman–Crippen LogP) is 1.76. The number of benzene rings is 1. The fourth-order valence-corrected chi connectivity index (χ4v) is 1.85. The lowest BCUT2D eigenvalue weighted by atomic mass is 10.2. The normalized spacial score (nSPS) is 10.6. The van der Waals surface area contributed by atoms with E-state index in [4.69, 9.17) is 0 Å². The zero-order valence-electron chi connectivity index (χ0n) is 9.75. The third-order valence-electron chi connectivity index (χ3n) is 2.70. The molecule has 0 aliphatic carbocycles. The lowest BCUT2D eigenvalue weighted by Crippen LogP contribution is -2.16. The van der Waals surface area contributed by atoms with Gasteiger partial charge in [0.2, 0.25) is 0 Å². The molecule has 0 atom stereocenters. The summed E-state index contributed by atoms with van der Waals surface area (Å²) >= 11 is 0. The van der Waals surface area contributed by atoms with E-state index >= 15 is 0 Å². The van der Waals surface area contributed by atoms with Crippen molar-refractivity contribution < 1.29 is 4.39 Å². The third kappa shape index (κ3) is 1.93. The molecule has 1 aromatic carbocycles. The number of hydrogen-bond acceptors (Lipinski definition) is 3. The van der Waals surface area contributed by atoms with E-state index in [1.807, 2.05) is 0 Å². The molecule has 0 saturated carbocycles. The molecule has 0 spiro atoms. The second kappa shape index (κ2) is 4.49. The van der Waals surface area contributed by atoms with Crippen LogP contribution in [0.25, 0.3) is 17.1 Å². The van der Waals surface area contributed by atoms with E-state index in [0.29, 0.717) is 11.4 Å². The van der Waals surface area contributed by atoms with Gasteiger partial charge in [0.15, 0.2) is 5.82 Å². The highest BCUT2D eigenvalue weighted by atomic mass is 19.1. The molecule has 94 valence electrons. The summed E-state index contributed by atoms with van der Waals surface area (Å²) in [6, 6.07) is 9.45. The molecule has 1 N–H and O–H groups in total. The Bertz CT molecular complexity index is 764. The van der Waals surface area contributed by atoms with Gasteiger partial charge in [0.1, 0.15) is 5.82 Å². The van der Waals surface area contributed by atoms with E-state index in [2.05, 4.69) is 15.2 Å². The highest BCUT2D eigenvalue weighted by Gasteiger charge is 2.14. The van der Waals surface area contributed by atoms with Gasteiger partial charge in [-0.1, -0.05) is 12.1 Å². The fourth-order valence-electron chi connectivity index (χ4n) is 1.85. The quantitative estimate of drug-likeness (QED) is 0.759. The van der Waals surface area contributed by atoms with Gasteiger partial charge >= 0.3 is 5.69 Å². The van der Waals surface area contributed by atoms with Crippen LogP contribution >= 0.6 is 0 Å². The number of nitrogens with one attached hydrogen (secondary N) is 1. The molecule has 3 aromatic rings.